The second-order valence-corrected chi connectivity index (χ2v) is 8.00. The molecule has 0 saturated carbocycles. The summed E-state index contributed by atoms with van der Waals surface area (Å²) in [6, 6.07) is 11.7. The predicted molar refractivity (Wildman–Crippen MR) is 106 cm³/mol. The normalized spacial score (nSPS) is 11.3. The maximum absolute atomic E-state index is 12.0. The molecule has 0 radical (unpaired) electrons. The first-order chi connectivity index (χ1) is 13.1. The average molecular weight is 399 g/mol. The van der Waals surface area contributed by atoms with Crippen LogP contribution >= 0.6 is 23.1 Å². The molecule has 0 saturated heterocycles. The Morgan fingerprint density at radius 3 is 2.78 bits per heavy atom. The van der Waals surface area contributed by atoms with Crippen LogP contribution in [0.1, 0.15) is 29.0 Å². The highest BCUT2D eigenvalue weighted by atomic mass is 32.2. The highest BCUT2D eigenvalue weighted by Crippen LogP contribution is 2.25. The molecule has 27 heavy (non-hydrogen) atoms. The summed E-state index contributed by atoms with van der Waals surface area (Å²) in [5.41, 5.74) is 1.77. The number of nitrogens with zero attached hydrogens (tertiary/aromatic N) is 6. The molecule has 0 unspecified atom stereocenters. The van der Waals surface area contributed by atoms with Crippen molar-refractivity contribution in [3.8, 4) is 0 Å². The second kappa shape index (κ2) is 7.61. The van der Waals surface area contributed by atoms with Gasteiger partial charge >= 0.3 is 0 Å². The van der Waals surface area contributed by atoms with Gasteiger partial charge in [0, 0.05) is 24.7 Å². The van der Waals surface area contributed by atoms with Crippen LogP contribution in [0.5, 0.6) is 0 Å². The minimum absolute atomic E-state index is 0.146. The fourth-order valence-corrected chi connectivity index (χ4v) is 4.75. The molecule has 0 amide bonds. The van der Waals surface area contributed by atoms with E-state index in [1.165, 1.54) is 27.5 Å². The van der Waals surface area contributed by atoms with Gasteiger partial charge in [-0.25, -0.2) is 4.98 Å². The van der Waals surface area contributed by atoms with Crippen LogP contribution in [0.25, 0.3) is 4.96 Å². The van der Waals surface area contributed by atoms with E-state index in [0.29, 0.717) is 16.4 Å². The number of hydrogen-bond acceptors (Lipinski definition) is 7. The molecule has 4 aromatic rings. The quantitative estimate of drug-likeness (QED) is 0.465. The molecule has 0 bridgehead atoms. The van der Waals surface area contributed by atoms with Gasteiger partial charge in [0.15, 0.2) is 5.16 Å². The van der Waals surface area contributed by atoms with E-state index < -0.39 is 0 Å². The third-order valence-electron chi connectivity index (χ3n) is 4.05. The van der Waals surface area contributed by atoms with E-state index in [1.807, 2.05) is 25.1 Å². The molecule has 7 nitrogen and oxygen atoms in total. The fourth-order valence-electron chi connectivity index (χ4n) is 2.80. The Hall–Kier alpha value is -2.52. The van der Waals surface area contributed by atoms with E-state index in [2.05, 4.69) is 43.9 Å². The Morgan fingerprint density at radius 2 is 2.00 bits per heavy atom. The topological polar surface area (TPSA) is 78.0 Å². The Balaban J connectivity index is 1.53. The van der Waals surface area contributed by atoms with Crippen LogP contribution in [0.4, 0.5) is 0 Å². The summed E-state index contributed by atoms with van der Waals surface area (Å²) in [5.74, 6) is 1.57. The van der Waals surface area contributed by atoms with E-state index in [1.54, 1.807) is 11.8 Å². The van der Waals surface area contributed by atoms with Crippen molar-refractivity contribution in [2.75, 3.05) is 0 Å². The number of aromatic nitrogens is 6. The Bertz CT molecular complexity index is 1130. The van der Waals surface area contributed by atoms with Crippen molar-refractivity contribution < 1.29 is 0 Å². The van der Waals surface area contributed by atoms with Crippen molar-refractivity contribution >= 4 is 28.1 Å². The van der Waals surface area contributed by atoms with Gasteiger partial charge in [0.2, 0.25) is 4.96 Å². The van der Waals surface area contributed by atoms with Crippen LogP contribution in [0.2, 0.25) is 0 Å². The zero-order chi connectivity index (χ0) is 18.8. The minimum atomic E-state index is -0.146. The van der Waals surface area contributed by atoms with Crippen LogP contribution < -0.4 is 5.56 Å². The van der Waals surface area contributed by atoms with E-state index in [4.69, 9.17) is 0 Å². The molecule has 9 heteroatoms. The number of benzene rings is 1. The molecule has 3 heterocycles. The first-order valence-corrected chi connectivity index (χ1v) is 10.4. The van der Waals surface area contributed by atoms with Crippen molar-refractivity contribution in [1.82, 2.24) is 29.4 Å². The fraction of sp³-hybridized carbons (Fsp3) is 0.278. The van der Waals surface area contributed by atoms with Gasteiger partial charge in [-0.3, -0.25) is 4.79 Å². The summed E-state index contributed by atoms with van der Waals surface area (Å²) in [4.78, 5) is 17.0. The number of aryl methyl sites for hydroxylation is 1. The molecule has 0 atom stereocenters. The summed E-state index contributed by atoms with van der Waals surface area (Å²) >= 11 is 3.01. The molecular weight excluding hydrogens is 380 g/mol. The minimum Gasteiger partial charge on any atom is -0.306 e. The third-order valence-corrected chi connectivity index (χ3v) is 6.12. The van der Waals surface area contributed by atoms with Crippen LogP contribution in [-0.2, 0) is 18.7 Å². The van der Waals surface area contributed by atoms with E-state index in [9.17, 15) is 4.79 Å². The smallest absolute Gasteiger partial charge is 0.275 e. The van der Waals surface area contributed by atoms with Gasteiger partial charge in [0.25, 0.3) is 5.56 Å². The number of rotatable bonds is 6. The van der Waals surface area contributed by atoms with Crippen molar-refractivity contribution in [2.45, 2.75) is 37.7 Å². The third kappa shape index (κ3) is 3.79. The first-order valence-electron chi connectivity index (χ1n) is 8.59. The van der Waals surface area contributed by atoms with Crippen molar-refractivity contribution in [1.29, 1.82) is 0 Å². The number of thioether (sulfide) groups is 1. The molecule has 0 N–H and O–H groups in total. The van der Waals surface area contributed by atoms with Gasteiger partial charge in [0.1, 0.15) is 10.8 Å². The zero-order valence-electron chi connectivity index (χ0n) is 15.0. The first kappa shape index (κ1) is 17.9. The molecule has 0 aliphatic heterocycles. The lowest BCUT2D eigenvalue weighted by Crippen LogP contribution is -2.14. The Morgan fingerprint density at radius 1 is 1.19 bits per heavy atom. The standard InChI is InChI=1S/C18H18N6OS2/c1-3-23-14(10-13-7-5-4-6-8-13)20-21-18(23)26-11-15-22-24-16(25)9-12(2)19-17(24)27-15/h4-9H,3,10-11H2,1-2H3. The van der Waals surface area contributed by atoms with Gasteiger partial charge in [-0.1, -0.05) is 53.4 Å². The lowest BCUT2D eigenvalue weighted by atomic mass is 10.1. The molecule has 1 aromatic carbocycles. The Kier molecular flexibility index (Phi) is 5.04. The second-order valence-electron chi connectivity index (χ2n) is 6.02. The monoisotopic (exact) mass is 398 g/mol. The summed E-state index contributed by atoms with van der Waals surface area (Å²) in [7, 11) is 0. The van der Waals surface area contributed by atoms with E-state index in [-0.39, 0.29) is 5.56 Å². The van der Waals surface area contributed by atoms with Gasteiger partial charge in [-0.2, -0.15) is 9.61 Å². The zero-order valence-corrected chi connectivity index (χ0v) is 16.6. The lowest BCUT2D eigenvalue weighted by Gasteiger charge is -2.06. The maximum Gasteiger partial charge on any atom is 0.275 e. The van der Waals surface area contributed by atoms with E-state index >= 15 is 0 Å². The van der Waals surface area contributed by atoms with Gasteiger partial charge in [-0.15, -0.1) is 10.2 Å². The van der Waals surface area contributed by atoms with Gasteiger partial charge < -0.3 is 4.57 Å². The van der Waals surface area contributed by atoms with Gasteiger partial charge in [-0.05, 0) is 19.4 Å². The Labute approximate surface area is 164 Å². The van der Waals surface area contributed by atoms with Crippen LogP contribution in [0.3, 0.4) is 0 Å². The molecule has 0 aliphatic carbocycles. The molecule has 0 fully saturated rings. The average Bonchev–Trinajstić information content (AvgIpc) is 3.24. The molecule has 0 spiro atoms. The molecule has 138 valence electrons. The van der Waals surface area contributed by atoms with Crippen molar-refractivity contribution in [3.05, 3.63) is 68.8 Å². The lowest BCUT2D eigenvalue weighted by molar-refractivity contribution is 0.651. The molecule has 4 rings (SSSR count). The maximum atomic E-state index is 12.0. The largest absolute Gasteiger partial charge is 0.306 e. The summed E-state index contributed by atoms with van der Waals surface area (Å²) < 4.78 is 3.48. The molecule has 3 aromatic heterocycles. The summed E-state index contributed by atoms with van der Waals surface area (Å²) in [6.45, 7) is 4.71. The molecule has 0 aliphatic rings. The summed E-state index contributed by atoms with van der Waals surface area (Å²) in [5, 5.41) is 14.8. The highest BCUT2D eigenvalue weighted by Gasteiger charge is 2.14. The SMILES string of the molecule is CCn1c(Cc2ccccc2)nnc1SCc1nn2c(=O)cc(C)nc2s1. The van der Waals surface area contributed by atoms with E-state index in [0.717, 1.165) is 29.0 Å². The van der Waals surface area contributed by atoms with Gasteiger partial charge in [0.05, 0.1) is 5.75 Å². The predicted octanol–water partition coefficient (Wildman–Crippen LogP) is 2.95. The summed E-state index contributed by atoms with van der Waals surface area (Å²) in [6.07, 6.45) is 0.752. The van der Waals surface area contributed by atoms with Crippen molar-refractivity contribution in [2.24, 2.45) is 0 Å². The highest BCUT2D eigenvalue weighted by molar-refractivity contribution is 7.98. The van der Waals surface area contributed by atoms with Crippen LogP contribution in [0.15, 0.2) is 46.3 Å². The van der Waals surface area contributed by atoms with Crippen LogP contribution in [-0.4, -0.2) is 29.4 Å². The number of hydrogen-bond donors (Lipinski definition) is 0. The number of fused-ring (bicyclic) bond motifs is 1. The van der Waals surface area contributed by atoms with Crippen molar-refractivity contribution in [3.63, 3.8) is 0 Å². The molecular formula is C18H18N6OS2. The van der Waals surface area contributed by atoms with Crippen LogP contribution in [0, 0.1) is 6.92 Å².